The van der Waals surface area contributed by atoms with E-state index in [9.17, 15) is 39.5 Å². The van der Waals surface area contributed by atoms with E-state index in [1.807, 2.05) is 0 Å². The number of hydrogen-bond acceptors (Lipinski definition) is 1. The first kappa shape index (κ1) is 17.3. The molecule has 0 aliphatic heterocycles. The summed E-state index contributed by atoms with van der Waals surface area (Å²) in [4.78, 5) is 0. The highest BCUT2D eigenvalue weighted by Crippen LogP contribution is 2.54. The molecular formula is C8H9F9O. The number of halogens is 9. The summed E-state index contributed by atoms with van der Waals surface area (Å²) in [6.45, 7) is 0.0782. The van der Waals surface area contributed by atoms with E-state index in [-0.39, 0.29) is 12.8 Å². The van der Waals surface area contributed by atoms with Crippen LogP contribution in [0.4, 0.5) is 39.5 Å². The van der Waals surface area contributed by atoms with Gasteiger partial charge in [0.2, 0.25) is 0 Å². The molecule has 0 spiro atoms. The molecule has 0 unspecified atom stereocenters. The lowest BCUT2D eigenvalue weighted by molar-refractivity contribution is -0.457. The molecule has 0 aliphatic rings. The highest BCUT2D eigenvalue weighted by atomic mass is 19.4. The van der Waals surface area contributed by atoms with Crippen molar-refractivity contribution in [1.82, 2.24) is 0 Å². The Bertz CT molecular complexity index is 225. The van der Waals surface area contributed by atoms with Crippen LogP contribution in [0.15, 0.2) is 0 Å². The summed E-state index contributed by atoms with van der Waals surface area (Å²) < 4.78 is 113. The highest BCUT2D eigenvalue weighted by Gasteiger charge is 2.85. The van der Waals surface area contributed by atoms with Crippen LogP contribution in [0.1, 0.15) is 19.8 Å². The van der Waals surface area contributed by atoms with E-state index in [1.165, 1.54) is 6.92 Å². The number of rotatable bonds is 4. The summed E-state index contributed by atoms with van der Waals surface area (Å²) in [7, 11) is 0. The molecule has 0 bridgehead atoms. The molecule has 1 nitrogen and oxygen atoms in total. The molecular weight excluding hydrogens is 283 g/mol. The van der Waals surface area contributed by atoms with Gasteiger partial charge in [-0.2, -0.15) is 39.5 Å². The zero-order valence-electron chi connectivity index (χ0n) is 8.93. The lowest BCUT2D eigenvalue weighted by Gasteiger charge is -2.38. The largest absolute Gasteiger partial charge is 0.435 e. The van der Waals surface area contributed by atoms with E-state index in [1.54, 1.807) is 0 Å². The smallest absolute Gasteiger partial charge is 0.351 e. The zero-order valence-corrected chi connectivity index (χ0v) is 8.93. The van der Waals surface area contributed by atoms with Crippen molar-refractivity contribution in [1.29, 1.82) is 0 Å². The van der Waals surface area contributed by atoms with Crippen LogP contribution in [0.3, 0.4) is 0 Å². The lowest BCUT2D eigenvalue weighted by Crippen LogP contribution is -2.67. The monoisotopic (exact) mass is 292 g/mol. The normalized spacial score (nSPS) is 15.0. The second-order valence-electron chi connectivity index (χ2n) is 3.38. The van der Waals surface area contributed by atoms with Crippen molar-refractivity contribution in [3.05, 3.63) is 0 Å². The highest BCUT2D eigenvalue weighted by molar-refractivity contribution is 5.02. The maximum atomic E-state index is 12.2. The van der Waals surface area contributed by atoms with Gasteiger partial charge in [-0.15, -0.1) is 0 Å². The average Bonchev–Trinajstić information content (AvgIpc) is 2.05. The molecule has 0 rings (SSSR count). The Balaban J connectivity index is 5.61. The first-order chi connectivity index (χ1) is 7.81. The standard InChI is InChI=1S/C8H9F9O/c1-2-3-4-18-5(6(9,10)11,7(12,13)14)8(15,16)17/h2-4H2,1H3. The summed E-state index contributed by atoms with van der Waals surface area (Å²) in [5, 5.41) is 0. The third-order valence-corrected chi connectivity index (χ3v) is 2.01. The minimum absolute atomic E-state index is 0.0870. The van der Waals surface area contributed by atoms with Crippen LogP contribution in [-0.2, 0) is 4.74 Å². The molecule has 0 aromatic rings. The summed E-state index contributed by atoms with van der Waals surface area (Å²) in [6.07, 6.45) is -20.2. The summed E-state index contributed by atoms with van der Waals surface area (Å²) in [5.41, 5.74) is -6.14. The first-order valence-corrected chi connectivity index (χ1v) is 4.65. The first-order valence-electron chi connectivity index (χ1n) is 4.65. The second-order valence-corrected chi connectivity index (χ2v) is 3.38. The van der Waals surface area contributed by atoms with Crippen molar-refractivity contribution < 1.29 is 44.3 Å². The van der Waals surface area contributed by atoms with E-state index >= 15 is 0 Å². The van der Waals surface area contributed by atoms with E-state index in [4.69, 9.17) is 0 Å². The van der Waals surface area contributed by atoms with Crippen LogP contribution in [0.25, 0.3) is 0 Å². The fourth-order valence-corrected chi connectivity index (χ4v) is 1.10. The quantitative estimate of drug-likeness (QED) is 0.556. The third kappa shape index (κ3) is 3.01. The second kappa shape index (κ2) is 5.14. The molecule has 110 valence electrons. The van der Waals surface area contributed by atoms with E-state index < -0.39 is 30.7 Å². The van der Waals surface area contributed by atoms with E-state index in [0.717, 1.165) is 0 Å². The van der Waals surface area contributed by atoms with E-state index in [0.29, 0.717) is 0 Å². The Morgan fingerprint density at radius 3 is 1.28 bits per heavy atom. The van der Waals surface area contributed by atoms with Gasteiger partial charge in [0.1, 0.15) is 0 Å². The molecule has 0 aromatic heterocycles. The van der Waals surface area contributed by atoms with Crippen molar-refractivity contribution in [2.75, 3.05) is 6.61 Å². The Kier molecular flexibility index (Phi) is 4.95. The Morgan fingerprint density at radius 1 is 0.722 bits per heavy atom. The number of unbranched alkanes of at least 4 members (excludes halogenated alkanes) is 1. The topological polar surface area (TPSA) is 9.23 Å². The van der Waals surface area contributed by atoms with Gasteiger partial charge in [-0.3, -0.25) is 0 Å². The van der Waals surface area contributed by atoms with Gasteiger partial charge < -0.3 is 4.74 Å². The van der Waals surface area contributed by atoms with Gasteiger partial charge in [-0.1, -0.05) is 13.3 Å². The Morgan fingerprint density at radius 2 is 1.06 bits per heavy atom. The summed E-state index contributed by atoms with van der Waals surface area (Å²) >= 11 is 0. The van der Waals surface area contributed by atoms with Gasteiger partial charge >= 0.3 is 24.1 Å². The molecule has 0 amide bonds. The van der Waals surface area contributed by atoms with Gasteiger partial charge in [-0.05, 0) is 6.42 Å². The number of hydrogen-bond donors (Lipinski definition) is 0. The molecule has 0 heterocycles. The van der Waals surface area contributed by atoms with Crippen LogP contribution >= 0.6 is 0 Å². The van der Waals surface area contributed by atoms with Crippen molar-refractivity contribution in [3.63, 3.8) is 0 Å². The molecule has 0 aliphatic carbocycles. The predicted octanol–water partition coefficient (Wildman–Crippen LogP) is 4.23. The van der Waals surface area contributed by atoms with Crippen LogP contribution < -0.4 is 0 Å². The maximum Gasteiger partial charge on any atom is 0.435 e. The van der Waals surface area contributed by atoms with Gasteiger partial charge in [0.15, 0.2) is 0 Å². The Hall–Kier alpha value is -0.670. The maximum absolute atomic E-state index is 12.2. The third-order valence-electron chi connectivity index (χ3n) is 2.01. The Labute approximate surface area is 95.9 Å². The fourth-order valence-electron chi connectivity index (χ4n) is 1.10. The molecule has 0 N–H and O–H groups in total. The summed E-state index contributed by atoms with van der Waals surface area (Å²) in [6, 6.07) is 0. The van der Waals surface area contributed by atoms with Crippen LogP contribution in [0, 0.1) is 0 Å². The molecule has 10 heteroatoms. The molecule has 0 atom stereocenters. The van der Waals surface area contributed by atoms with Crippen molar-refractivity contribution in [2.45, 2.75) is 43.9 Å². The average molecular weight is 292 g/mol. The van der Waals surface area contributed by atoms with Crippen LogP contribution in [0.5, 0.6) is 0 Å². The van der Waals surface area contributed by atoms with Crippen LogP contribution in [0.2, 0.25) is 0 Å². The molecule has 0 radical (unpaired) electrons. The van der Waals surface area contributed by atoms with Crippen LogP contribution in [-0.4, -0.2) is 30.7 Å². The molecule has 0 saturated heterocycles. The van der Waals surface area contributed by atoms with Crippen molar-refractivity contribution in [3.8, 4) is 0 Å². The van der Waals surface area contributed by atoms with Crippen molar-refractivity contribution >= 4 is 0 Å². The van der Waals surface area contributed by atoms with Crippen molar-refractivity contribution in [2.24, 2.45) is 0 Å². The molecule has 0 fully saturated rings. The van der Waals surface area contributed by atoms with Gasteiger partial charge in [0, 0.05) is 6.61 Å². The number of alkyl halides is 9. The molecule has 0 aromatic carbocycles. The molecule has 18 heavy (non-hydrogen) atoms. The fraction of sp³-hybridized carbons (Fsp3) is 1.00. The summed E-state index contributed by atoms with van der Waals surface area (Å²) in [5.74, 6) is 0. The number of ether oxygens (including phenoxy) is 1. The minimum Gasteiger partial charge on any atom is -0.351 e. The van der Waals surface area contributed by atoms with Gasteiger partial charge in [0.05, 0.1) is 0 Å². The van der Waals surface area contributed by atoms with E-state index in [2.05, 4.69) is 4.74 Å². The lowest BCUT2D eigenvalue weighted by atomic mass is 10.0. The SMILES string of the molecule is CCCCOC(C(F)(F)F)(C(F)(F)F)C(F)(F)F. The minimum atomic E-state index is -6.64. The predicted molar refractivity (Wildman–Crippen MR) is 41.8 cm³/mol. The zero-order chi connectivity index (χ0) is 14.8. The molecule has 0 saturated carbocycles. The van der Waals surface area contributed by atoms with Gasteiger partial charge in [-0.25, -0.2) is 0 Å². The van der Waals surface area contributed by atoms with Gasteiger partial charge in [0.25, 0.3) is 0 Å².